The third-order valence-electron chi connectivity index (χ3n) is 9.08. The molecule has 0 fully saturated rings. The van der Waals surface area contributed by atoms with Crippen molar-refractivity contribution < 1.29 is 4.74 Å². The highest BCUT2D eigenvalue weighted by atomic mass is 16.5. The van der Waals surface area contributed by atoms with Gasteiger partial charge in [-0.3, -0.25) is 4.98 Å². The second-order valence-corrected chi connectivity index (χ2v) is 11.6. The van der Waals surface area contributed by atoms with Crippen LogP contribution in [0.5, 0.6) is 11.5 Å². The van der Waals surface area contributed by atoms with E-state index in [1.54, 1.807) is 0 Å². The van der Waals surface area contributed by atoms with E-state index in [4.69, 9.17) is 4.74 Å². The van der Waals surface area contributed by atoms with Gasteiger partial charge in [-0.15, -0.1) is 0 Å². The Bertz CT molecular complexity index is 1890. The molecule has 1 aromatic heterocycles. The summed E-state index contributed by atoms with van der Waals surface area (Å²) < 4.78 is 6.73. The molecule has 0 saturated carbocycles. The standard InChI is InChI=1S/C39H29NO/c1-38(2)29-11-3-5-13-31(29)39(32-14-6-4-12-30(32)38)33-15-7-8-17-36(33)41-37-25-28(22-23-34(37)39)26-18-20-27(21-19-26)35-16-9-10-24-40-35/h3-25H,1-2H3. The van der Waals surface area contributed by atoms with Gasteiger partial charge in [0.15, 0.2) is 0 Å². The first-order chi connectivity index (χ1) is 20.1. The molecule has 2 aliphatic rings. The van der Waals surface area contributed by atoms with E-state index >= 15 is 0 Å². The molecule has 6 aromatic rings. The van der Waals surface area contributed by atoms with Crippen molar-refractivity contribution in [3.63, 3.8) is 0 Å². The van der Waals surface area contributed by atoms with Crippen molar-refractivity contribution in [2.45, 2.75) is 24.7 Å². The second kappa shape index (κ2) is 8.78. The predicted molar refractivity (Wildman–Crippen MR) is 166 cm³/mol. The molecule has 8 rings (SSSR count). The molecule has 5 aromatic carbocycles. The lowest BCUT2D eigenvalue weighted by Crippen LogP contribution is -2.43. The van der Waals surface area contributed by atoms with E-state index in [1.807, 2.05) is 24.4 Å². The second-order valence-electron chi connectivity index (χ2n) is 11.6. The summed E-state index contributed by atoms with van der Waals surface area (Å²) >= 11 is 0. The Morgan fingerprint density at radius 2 is 1.00 bits per heavy atom. The molecule has 0 saturated heterocycles. The molecular weight excluding hydrogens is 498 g/mol. The lowest BCUT2D eigenvalue weighted by Gasteiger charge is -2.50. The van der Waals surface area contributed by atoms with E-state index < -0.39 is 5.41 Å². The number of fused-ring (bicyclic) bond motifs is 8. The summed E-state index contributed by atoms with van der Waals surface area (Å²) in [5.41, 5.74) is 11.5. The summed E-state index contributed by atoms with van der Waals surface area (Å²) in [5.74, 6) is 1.81. The predicted octanol–water partition coefficient (Wildman–Crippen LogP) is 9.54. The zero-order chi connectivity index (χ0) is 27.6. The van der Waals surface area contributed by atoms with Crippen LogP contribution in [0.3, 0.4) is 0 Å². The first kappa shape index (κ1) is 23.9. The Balaban J connectivity index is 1.36. The van der Waals surface area contributed by atoms with Gasteiger partial charge in [-0.2, -0.15) is 0 Å². The summed E-state index contributed by atoms with van der Waals surface area (Å²) in [6, 6.07) is 47.9. The van der Waals surface area contributed by atoms with Crippen LogP contribution in [0, 0.1) is 0 Å². The summed E-state index contributed by atoms with van der Waals surface area (Å²) in [4.78, 5) is 4.51. The number of benzene rings is 5. The zero-order valence-electron chi connectivity index (χ0n) is 23.1. The van der Waals surface area contributed by atoms with E-state index in [-0.39, 0.29) is 5.41 Å². The first-order valence-corrected chi connectivity index (χ1v) is 14.2. The largest absolute Gasteiger partial charge is 0.457 e. The zero-order valence-corrected chi connectivity index (χ0v) is 23.1. The van der Waals surface area contributed by atoms with E-state index in [1.165, 1.54) is 33.4 Å². The fraction of sp³-hybridized carbons (Fsp3) is 0.103. The monoisotopic (exact) mass is 527 g/mol. The Labute approximate surface area is 240 Å². The summed E-state index contributed by atoms with van der Waals surface area (Å²) in [7, 11) is 0. The minimum atomic E-state index is -0.478. The summed E-state index contributed by atoms with van der Waals surface area (Å²) in [6.45, 7) is 4.70. The number of hydrogen-bond donors (Lipinski definition) is 0. The van der Waals surface area contributed by atoms with Gasteiger partial charge in [-0.25, -0.2) is 0 Å². The fourth-order valence-corrected chi connectivity index (χ4v) is 7.17. The van der Waals surface area contributed by atoms with Crippen molar-refractivity contribution >= 4 is 0 Å². The number of ether oxygens (including phenoxy) is 1. The maximum Gasteiger partial charge on any atom is 0.132 e. The number of hydrogen-bond acceptors (Lipinski definition) is 2. The van der Waals surface area contributed by atoms with Gasteiger partial charge in [0.25, 0.3) is 0 Å². The van der Waals surface area contributed by atoms with Crippen LogP contribution in [0.15, 0.2) is 140 Å². The average Bonchev–Trinajstić information content (AvgIpc) is 3.03. The molecule has 41 heavy (non-hydrogen) atoms. The molecular formula is C39H29NO. The van der Waals surface area contributed by atoms with Crippen LogP contribution in [-0.4, -0.2) is 4.98 Å². The molecule has 1 aliphatic carbocycles. The number of para-hydroxylation sites is 1. The van der Waals surface area contributed by atoms with Crippen molar-refractivity contribution in [2.75, 3.05) is 0 Å². The van der Waals surface area contributed by atoms with Crippen molar-refractivity contribution in [3.05, 3.63) is 173 Å². The van der Waals surface area contributed by atoms with E-state index in [2.05, 4.69) is 134 Å². The molecule has 2 heteroatoms. The molecule has 0 N–H and O–H groups in total. The SMILES string of the molecule is CC1(C)c2ccccc2C2(c3ccccc3Oc3cc(-c4ccc(-c5ccccn5)cc4)ccc32)c2ccccc21. The van der Waals surface area contributed by atoms with Crippen molar-refractivity contribution in [1.29, 1.82) is 0 Å². The van der Waals surface area contributed by atoms with Crippen molar-refractivity contribution in [3.8, 4) is 33.9 Å². The highest BCUT2D eigenvalue weighted by molar-refractivity contribution is 5.78. The molecule has 0 unspecified atom stereocenters. The van der Waals surface area contributed by atoms with Gasteiger partial charge in [-0.1, -0.05) is 123 Å². The van der Waals surface area contributed by atoms with Gasteiger partial charge in [-0.05, 0) is 57.6 Å². The first-order valence-electron chi connectivity index (χ1n) is 14.2. The van der Waals surface area contributed by atoms with Crippen LogP contribution in [0.4, 0.5) is 0 Å². The van der Waals surface area contributed by atoms with Gasteiger partial charge in [0, 0.05) is 28.3 Å². The van der Waals surface area contributed by atoms with Crippen LogP contribution < -0.4 is 4.74 Å². The number of aromatic nitrogens is 1. The van der Waals surface area contributed by atoms with Gasteiger partial charge < -0.3 is 4.74 Å². The normalized spacial score (nSPS) is 15.2. The highest BCUT2D eigenvalue weighted by Crippen LogP contribution is 2.61. The molecule has 2 nitrogen and oxygen atoms in total. The molecule has 0 radical (unpaired) electrons. The van der Waals surface area contributed by atoms with Gasteiger partial charge in [0.05, 0.1) is 11.1 Å². The van der Waals surface area contributed by atoms with Gasteiger partial charge in [0.1, 0.15) is 11.5 Å². The Morgan fingerprint density at radius 3 is 1.66 bits per heavy atom. The van der Waals surface area contributed by atoms with Gasteiger partial charge >= 0.3 is 0 Å². The van der Waals surface area contributed by atoms with Crippen LogP contribution in [0.1, 0.15) is 47.2 Å². The van der Waals surface area contributed by atoms with Crippen molar-refractivity contribution in [2.24, 2.45) is 0 Å². The number of rotatable bonds is 2. The minimum absolute atomic E-state index is 0.124. The molecule has 0 bridgehead atoms. The quantitative estimate of drug-likeness (QED) is 0.223. The molecule has 196 valence electrons. The Morgan fingerprint density at radius 1 is 0.463 bits per heavy atom. The van der Waals surface area contributed by atoms with Crippen LogP contribution in [-0.2, 0) is 10.8 Å². The molecule has 1 aliphatic heterocycles. The number of pyridine rings is 1. The minimum Gasteiger partial charge on any atom is -0.457 e. The Hall–Kier alpha value is -4.95. The lowest BCUT2D eigenvalue weighted by molar-refractivity contribution is 0.425. The topological polar surface area (TPSA) is 22.1 Å². The summed E-state index contributed by atoms with van der Waals surface area (Å²) in [5, 5.41) is 0. The van der Waals surface area contributed by atoms with E-state index in [9.17, 15) is 0 Å². The molecule has 1 spiro atoms. The third kappa shape index (κ3) is 3.34. The smallest absolute Gasteiger partial charge is 0.132 e. The fourth-order valence-electron chi connectivity index (χ4n) is 7.17. The summed E-state index contributed by atoms with van der Waals surface area (Å²) in [6.07, 6.45) is 1.83. The highest BCUT2D eigenvalue weighted by Gasteiger charge is 2.52. The van der Waals surface area contributed by atoms with Crippen LogP contribution in [0.25, 0.3) is 22.4 Å². The van der Waals surface area contributed by atoms with Crippen LogP contribution >= 0.6 is 0 Å². The maximum absolute atomic E-state index is 6.73. The number of nitrogens with zero attached hydrogens (tertiary/aromatic N) is 1. The van der Waals surface area contributed by atoms with E-state index in [0.29, 0.717) is 0 Å². The average molecular weight is 528 g/mol. The van der Waals surface area contributed by atoms with Crippen molar-refractivity contribution in [1.82, 2.24) is 4.98 Å². The molecule has 2 heterocycles. The van der Waals surface area contributed by atoms with Gasteiger partial charge in [0.2, 0.25) is 0 Å². The van der Waals surface area contributed by atoms with Crippen LogP contribution in [0.2, 0.25) is 0 Å². The molecule has 0 amide bonds. The Kier molecular flexibility index (Phi) is 5.11. The maximum atomic E-state index is 6.73. The van der Waals surface area contributed by atoms with E-state index in [0.717, 1.165) is 33.9 Å². The third-order valence-corrected chi connectivity index (χ3v) is 9.08. The molecule has 0 atom stereocenters. The lowest BCUT2D eigenvalue weighted by atomic mass is 9.53.